The van der Waals surface area contributed by atoms with Gasteiger partial charge in [0.25, 0.3) is 23.6 Å². The molecule has 4 aliphatic rings. The Morgan fingerprint density at radius 2 is 0.717 bits per heavy atom. The van der Waals surface area contributed by atoms with Crippen molar-refractivity contribution in [3.63, 3.8) is 0 Å². The molecule has 8 aromatic rings. The molecule has 0 saturated heterocycles. The predicted octanol–water partition coefficient (Wildman–Crippen LogP) is 14.4. The van der Waals surface area contributed by atoms with Gasteiger partial charge in [0.05, 0.1) is 60.5 Å². The summed E-state index contributed by atoms with van der Waals surface area (Å²) >= 11 is 23.8. The quantitative estimate of drug-likeness (QED) is 0.0249. The molecular formula is C76H72Cl4F12N8O16S4. The average Bonchev–Trinajstić information content (AvgIpc) is 0.780. The summed E-state index contributed by atoms with van der Waals surface area (Å²) in [5.74, 6) is -21.6. The predicted molar refractivity (Wildman–Crippen MR) is 417 cm³/mol. The first-order chi connectivity index (χ1) is 56.3. The lowest BCUT2D eigenvalue weighted by atomic mass is 9.93. The zero-order chi connectivity index (χ0) is 88.2. The minimum atomic E-state index is -4.59. The minimum absolute atomic E-state index is 0.0472. The number of aliphatic hydroxyl groups excluding tert-OH is 4. The second-order valence-electron chi connectivity index (χ2n) is 27.9. The number of rotatable bonds is 20. The van der Waals surface area contributed by atoms with Gasteiger partial charge in [-0.3, -0.25) is 19.2 Å². The minimum Gasteiger partial charge on any atom is -0.393 e. The standard InChI is InChI=1S/C19H19Cl2FN2O4S.2C19H18ClF3N2O4S.C19H17F5N2O4S/c20-16-7-6-14(29(27,28)24-11-1-4-13(25)5-2-11)10-15(16)19(26)23-12-3-8-18(22)17(21)9-12;20-14-6-1-10(19(27)24-12-8-15(21)18(23)16(22)9-12)7-17(14)30(28,29)25-11-2-4-13(26)5-3-11;20-14-5-4-10(19(27)24-12-8-15(21)18(23)16(22)9-12)6-17(14)30(28,29)25-11-2-1-3-13(26)7-11;20-11-8-12(21)17(31(29,30)26-15-3-1-2-4-16(15)27)7-10(11)19(28)25-9-5-13(22)18(24)14(23)6-9/h3,6-11,13,24-25H,1-2,4-5H2,(H,23,26);1,6-9,11,13,25-26H,2-5H2,(H,24,27);4-6,8-9,11,13,25-26H,1-3,7H2,(H,24,27);5-8,15-16,26-27H,1-4H2,(H,25,28). The second kappa shape index (κ2) is 41.1. The van der Waals surface area contributed by atoms with Crippen molar-refractivity contribution in [2.24, 2.45) is 0 Å². The van der Waals surface area contributed by atoms with Crippen molar-refractivity contribution < 1.29 is 126 Å². The van der Waals surface area contributed by atoms with Gasteiger partial charge in [-0.05, 0) is 169 Å². The van der Waals surface area contributed by atoms with Crippen LogP contribution in [0.2, 0.25) is 20.1 Å². The number of sulfonamides is 4. The lowest BCUT2D eigenvalue weighted by Crippen LogP contribution is -2.45. The molecule has 0 radical (unpaired) electrons. The van der Waals surface area contributed by atoms with E-state index in [2.05, 4.69) is 34.8 Å². The molecule has 0 heterocycles. The van der Waals surface area contributed by atoms with Crippen molar-refractivity contribution in [3.05, 3.63) is 233 Å². The number of halogens is 16. The molecule has 0 aromatic heterocycles. The van der Waals surface area contributed by atoms with Crippen LogP contribution in [0.5, 0.6) is 0 Å². The van der Waals surface area contributed by atoms with E-state index in [0.29, 0.717) is 139 Å². The highest BCUT2D eigenvalue weighted by Gasteiger charge is 2.35. The molecule has 4 fully saturated rings. The van der Waals surface area contributed by atoms with Crippen LogP contribution >= 0.6 is 46.4 Å². The molecule has 4 aliphatic carbocycles. The van der Waals surface area contributed by atoms with Gasteiger partial charge >= 0.3 is 0 Å². The van der Waals surface area contributed by atoms with Crippen LogP contribution in [0.25, 0.3) is 0 Å². The van der Waals surface area contributed by atoms with Crippen LogP contribution in [-0.4, -0.2) is 126 Å². The van der Waals surface area contributed by atoms with E-state index >= 15 is 0 Å². The molecule has 24 nitrogen and oxygen atoms in total. The Kier molecular flexibility index (Phi) is 32.6. The number of hydrogen-bond acceptors (Lipinski definition) is 16. The number of benzene rings is 8. The maximum absolute atomic E-state index is 14.2. The third-order valence-electron chi connectivity index (χ3n) is 19.0. The first kappa shape index (κ1) is 95.3. The van der Waals surface area contributed by atoms with Gasteiger partial charge in [0.1, 0.15) is 32.1 Å². The molecule has 4 saturated carbocycles. The Morgan fingerprint density at radius 3 is 1.17 bits per heavy atom. The van der Waals surface area contributed by atoms with E-state index in [0.717, 1.165) is 18.2 Å². The van der Waals surface area contributed by atoms with E-state index in [1.807, 2.05) is 5.32 Å². The van der Waals surface area contributed by atoms with Gasteiger partial charge in [-0.25, -0.2) is 105 Å². The normalized spacial score (nSPS) is 19.5. The Hall–Kier alpha value is -8.56. The summed E-state index contributed by atoms with van der Waals surface area (Å²) in [5, 5.41) is 47.2. The third-order valence-corrected chi connectivity index (χ3v) is 26.6. The van der Waals surface area contributed by atoms with Crippen LogP contribution < -0.4 is 40.2 Å². The Labute approximate surface area is 699 Å². The van der Waals surface area contributed by atoms with Crippen LogP contribution in [0.1, 0.15) is 144 Å². The first-order valence-corrected chi connectivity index (χ1v) is 43.6. The fraction of sp³-hybridized carbons (Fsp3) is 0.316. The molecule has 4 amide bonds. The molecule has 0 bridgehead atoms. The number of aliphatic hydroxyl groups is 4. The van der Waals surface area contributed by atoms with E-state index in [4.69, 9.17) is 46.4 Å². The largest absolute Gasteiger partial charge is 0.393 e. The number of amides is 4. The lowest BCUT2D eigenvalue weighted by molar-refractivity contribution is 0.101. The summed E-state index contributed by atoms with van der Waals surface area (Å²) in [6, 6.07) is 16.3. The van der Waals surface area contributed by atoms with Gasteiger partial charge in [0.2, 0.25) is 40.1 Å². The molecule has 4 atom stereocenters. The van der Waals surface area contributed by atoms with Crippen molar-refractivity contribution >= 4 is 133 Å². The Morgan fingerprint density at radius 1 is 0.308 bits per heavy atom. The van der Waals surface area contributed by atoms with Crippen LogP contribution in [0.3, 0.4) is 0 Å². The highest BCUT2D eigenvalue weighted by atomic mass is 35.5. The number of hydrogen-bond donors (Lipinski definition) is 12. The van der Waals surface area contributed by atoms with Crippen molar-refractivity contribution in [3.8, 4) is 0 Å². The number of carbonyl (C=O) groups excluding carboxylic acids is 4. The molecule has 12 N–H and O–H groups in total. The Bertz CT molecular complexity index is 5610. The van der Waals surface area contributed by atoms with Gasteiger partial charge in [0.15, 0.2) is 52.4 Å². The first-order valence-electron chi connectivity index (χ1n) is 36.1. The van der Waals surface area contributed by atoms with Gasteiger partial charge in [-0.15, -0.1) is 0 Å². The second-order valence-corrected chi connectivity index (χ2v) is 36.3. The van der Waals surface area contributed by atoms with Gasteiger partial charge < -0.3 is 41.7 Å². The van der Waals surface area contributed by atoms with Gasteiger partial charge in [0, 0.05) is 101 Å². The monoisotopic (exact) mass is 1850 g/mol. The van der Waals surface area contributed by atoms with E-state index in [1.54, 1.807) is 0 Å². The van der Waals surface area contributed by atoms with Crippen LogP contribution in [-0.2, 0) is 40.1 Å². The molecule has 120 heavy (non-hydrogen) atoms. The van der Waals surface area contributed by atoms with Crippen molar-refractivity contribution in [1.82, 2.24) is 18.9 Å². The topological polar surface area (TPSA) is 382 Å². The van der Waals surface area contributed by atoms with Crippen molar-refractivity contribution in [2.75, 3.05) is 21.3 Å². The highest BCUT2D eigenvalue weighted by Crippen LogP contribution is 2.33. The average molecular weight is 1850 g/mol. The van der Waals surface area contributed by atoms with Crippen molar-refractivity contribution in [2.45, 2.75) is 171 Å². The van der Waals surface area contributed by atoms with Crippen LogP contribution in [0, 0.1) is 69.8 Å². The zero-order valence-corrected chi connectivity index (χ0v) is 68.1. The molecule has 648 valence electrons. The molecule has 4 unspecified atom stereocenters. The lowest BCUT2D eigenvalue weighted by Gasteiger charge is -2.28. The molecule has 8 aromatic carbocycles. The summed E-state index contributed by atoms with van der Waals surface area (Å²) in [5.41, 5.74) is -2.27. The summed E-state index contributed by atoms with van der Waals surface area (Å²) in [6.07, 6.45) is 5.58. The fourth-order valence-electron chi connectivity index (χ4n) is 12.7. The molecule has 0 aliphatic heterocycles. The van der Waals surface area contributed by atoms with Crippen LogP contribution in [0.4, 0.5) is 75.4 Å². The zero-order valence-electron chi connectivity index (χ0n) is 61.8. The summed E-state index contributed by atoms with van der Waals surface area (Å²) in [7, 11) is -16.6. The SMILES string of the molecule is O=C(Nc1cc(F)c(F)c(F)c1)c1cc(S(=O)(=O)NC2CCCCC2O)c(F)cc1F.O=C(Nc1cc(F)c(F)c(F)c1)c1ccc(Cl)c(S(=O)(=O)NC2CCC(O)CC2)c1.O=C(Nc1cc(F)c(F)c(F)c1)c1ccc(Cl)c(S(=O)(=O)NC2CCCC(O)C2)c1.O=C(Nc1ccc(F)c(Cl)c1)c1cc(S(=O)(=O)NC2CCC(O)CC2)ccc1Cl. The van der Waals surface area contributed by atoms with E-state index < -0.39 is 186 Å². The Balaban J connectivity index is 0.000000182. The summed E-state index contributed by atoms with van der Waals surface area (Å²) < 4.78 is 272. The number of anilines is 4. The molecular weight excluding hydrogens is 1780 g/mol. The smallest absolute Gasteiger partial charge is 0.258 e. The van der Waals surface area contributed by atoms with Gasteiger partial charge in [-0.1, -0.05) is 59.2 Å². The number of nitrogens with one attached hydrogen (secondary N) is 8. The van der Waals surface area contributed by atoms with Crippen molar-refractivity contribution in [1.29, 1.82) is 0 Å². The maximum atomic E-state index is 14.2. The summed E-state index contributed by atoms with van der Waals surface area (Å²) in [6.45, 7) is 0. The highest BCUT2D eigenvalue weighted by molar-refractivity contribution is 7.90. The van der Waals surface area contributed by atoms with E-state index in [-0.39, 0.29) is 93.1 Å². The van der Waals surface area contributed by atoms with E-state index in [9.17, 15) is 126 Å². The van der Waals surface area contributed by atoms with Crippen LogP contribution in [0.15, 0.2) is 141 Å². The van der Waals surface area contributed by atoms with E-state index in [1.165, 1.54) is 54.6 Å². The number of carbonyl (C=O) groups is 4. The fourth-order valence-corrected chi connectivity index (χ4v) is 19.5. The molecule has 12 rings (SSSR count). The maximum Gasteiger partial charge on any atom is 0.258 e. The summed E-state index contributed by atoms with van der Waals surface area (Å²) in [4.78, 5) is 47.8. The molecule has 44 heteroatoms. The molecule has 0 spiro atoms. The third kappa shape index (κ3) is 25.5. The van der Waals surface area contributed by atoms with Gasteiger partial charge in [-0.2, -0.15) is 0 Å².